The van der Waals surface area contributed by atoms with Gasteiger partial charge >= 0.3 is 0 Å². The number of thiazole rings is 1. The Labute approximate surface area is 119 Å². The summed E-state index contributed by atoms with van der Waals surface area (Å²) in [5.41, 5.74) is 1.45. The third kappa shape index (κ3) is 2.58. The Morgan fingerprint density at radius 1 is 1.37 bits per heavy atom. The van der Waals surface area contributed by atoms with Gasteiger partial charge in [-0.25, -0.2) is 4.98 Å². The first-order chi connectivity index (χ1) is 8.93. The van der Waals surface area contributed by atoms with Crippen LogP contribution in [0, 0.1) is 0 Å². The Kier molecular flexibility index (Phi) is 3.23. The summed E-state index contributed by atoms with van der Waals surface area (Å²) in [6.45, 7) is 6.68. The van der Waals surface area contributed by atoms with E-state index in [4.69, 9.17) is 9.72 Å². The molecule has 0 unspecified atom stereocenters. The minimum Gasteiger partial charge on any atom is -0.381 e. The van der Waals surface area contributed by atoms with Gasteiger partial charge in [0.25, 0.3) is 0 Å². The van der Waals surface area contributed by atoms with Crippen LogP contribution in [-0.2, 0) is 15.7 Å². The van der Waals surface area contributed by atoms with Gasteiger partial charge in [-0.15, -0.1) is 11.3 Å². The Hall–Kier alpha value is -0.450. The third-order valence-electron chi connectivity index (χ3n) is 4.23. The summed E-state index contributed by atoms with van der Waals surface area (Å²) >= 11 is 1.81. The van der Waals surface area contributed by atoms with Crippen LogP contribution in [-0.4, -0.2) is 24.2 Å². The van der Waals surface area contributed by atoms with E-state index >= 15 is 0 Å². The monoisotopic (exact) mass is 280 g/mol. The van der Waals surface area contributed by atoms with Crippen LogP contribution in [0.2, 0.25) is 0 Å². The fourth-order valence-electron chi connectivity index (χ4n) is 2.69. The van der Waals surface area contributed by atoms with Crippen LogP contribution in [0.25, 0.3) is 0 Å². The van der Waals surface area contributed by atoms with E-state index in [1.54, 1.807) is 0 Å². The quantitative estimate of drug-likeness (QED) is 0.919. The molecule has 1 aromatic heterocycles. The molecular weight excluding hydrogens is 256 g/mol. The summed E-state index contributed by atoms with van der Waals surface area (Å²) in [5.74, 6) is 0. The fraction of sp³-hybridized carbons (Fsp3) is 0.800. The average Bonchev–Trinajstić information content (AvgIpc) is 2.93. The second kappa shape index (κ2) is 4.54. The number of aromatic nitrogens is 1. The molecule has 0 saturated heterocycles. The first kappa shape index (κ1) is 13.5. The van der Waals surface area contributed by atoms with Crippen molar-refractivity contribution in [3.63, 3.8) is 0 Å². The van der Waals surface area contributed by atoms with Gasteiger partial charge in [0, 0.05) is 23.9 Å². The first-order valence-corrected chi connectivity index (χ1v) is 8.08. The number of nitrogens with zero attached hydrogens (tertiary/aromatic N) is 1. The van der Waals surface area contributed by atoms with Crippen LogP contribution in [0.5, 0.6) is 0 Å². The Balaban J connectivity index is 1.82. The van der Waals surface area contributed by atoms with Gasteiger partial charge in [0.05, 0.1) is 17.3 Å². The lowest BCUT2D eigenvalue weighted by Gasteiger charge is -2.46. The molecule has 3 rings (SSSR count). The van der Waals surface area contributed by atoms with Gasteiger partial charge < -0.3 is 10.1 Å². The third-order valence-corrected chi connectivity index (χ3v) is 5.27. The van der Waals surface area contributed by atoms with Crippen molar-refractivity contribution in [3.8, 4) is 0 Å². The maximum Gasteiger partial charge on any atom is 0.113 e. The zero-order valence-corrected chi connectivity index (χ0v) is 13.1. The van der Waals surface area contributed by atoms with Crippen molar-refractivity contribution in [2.24, 2.45) is 0 Å². The molecule has 0 aromatic carbocycles. The van der Waals surface area contributed by atoms with E-state index in [9.17, 15) is 0 Å². The summed E-state index contributed by atoms with van der Waals surface area (Å²) < 4.78 is 5.48. The largest absolute Gasteiger partial charge is 0.381 e. The molecular formula is C15H24N2OS. The maximum atomic E-state index is 5.48. The molecule has 2 saturated carbocycles. The van der Waals surface area contributed by atoms with Gasteiger partial charge in [0.1, 0.15) is 5.01 Å². The fourth-order valence-corrected chi connectivity index (χ4v) is 3.93. The number of ether oxygens (including phenoxy) is 1. The van der Waals surface area contributed by atoms with E-state index < -0.39 is 0 Å². The number of rotatable bonds is 4. The lowest BCUT2D eigenvalue weighted by atomic mass is 9.74. The van der Waals surface area contributed by atoms with Crippen LogP contribution < -0.4 is 5.32 Å². The maximum absolute atomic E-state index is 5.48. The molecule has 0 atom stereocenters. The van der Waals surface area contributed by atoms with E-state index in [1.165, 1.54) is 23.5 Å². The van der Waals surface area contributed by atoms with E-state index in [2.05, 4.69) is 31.5 Å². The molecule has 1 aromatic rings. The summed E-state index contributed by atoms with van der Waals surface area (Å²) in [5, 5.41) is 7.31. The molecule has 19 heavy (non-hydrogen) atoms. The molecule has 2 fully saturated rings. The van der Waals surface area contributed by atoms with Crippen molar-refractivity contribution in [2.75, 3.05) is 7.11 Å². The van der Waals surface area contributed by atoms with Crippen LogP contribution in [0.4, 0.5) is 0 Å². The van der Waals surface area contributed by atoms with Crippen LogP contribution in [0.15, 0.2) is 5.38 Å². The van der Waals surface area contributed by atoms with Crippen LogP contribution in [0.3, 0.4) is 0 Å². The molecule has 106 valence electrons. The van der Waals surface area contributed by atoms with Crippen molar-refractivity contribution in [3.05, 3.63) is 16.1 Å². The van der Waals surface area contributed by atoms with Crippen LogP contribution >= 0.6 is 11.3 Å². The van der Waals surface area contributed by atoms with E-state index in [-0.39, 0.29) is 11.0 Å². The average molecular weight is 280 g/mol. The minimum atomic E-state index is 0.0933. The summed E-state index contributed by atoms with van der Waals surface area (Å²) in [4.78, 5) is 4.93. The van der Waals surface area contributed by atoms with Gasteiger partial charge in [-0.3, -0.25) is 0 Å². The summed E-state index contributed by atoms with van der Waals surface area (Å²) in [7, 11) is 1.81. The molecule has 0 amide bonds. The molecule has 4 heteroatoms. The van der Waals surface area contributed by atoms with Gasteiger partial charge in [0.2, 0.25) is 0 Å². The molecule has 1 N–H and O–H groups in total. The van der Waals surface area contributed by atoms with Crippen molar-refractivity contribution in [1.29, 1.82) is 0 Å². The number of nitrogens with one attached hydrogen (secondary N) is 1. The highest BCUT2D eigenvalue weighted by Gasteiger charge is 2.50. The molecule has 0 spiro atoms. The highest BCUT2D eigenvalue weighted by molar-refractivity contribution is 7.09. The normalized spacial score (nSPS) is 31.3. The molecule has 1 heterocycles. The lowest BCUT2D eigenvalue weighted by Crippen LogP contribution is -2.56. The predicted octanol–water partition coefficient (Wildman–Crippen LogP) is 3.20. The topological polar surface area (TPSA) is 34.1 Å². The Morgan fingerprint density at radius 3 is 2.53 bits per heavy atom. The number of methoxy groups -OCH3 is 1. The lowest BCUT2D eigenvalue weighted by molar-refractivity contribution is -0.0341. The Morgan fingerprint density at radius 2 is 2.05 bits per heavy atom. The van der Waals surface area contributed by atoms with Gasteiger partial charge in [-0.05, 0) is 25.7 Å². The van der Waals surface area contributed by atoms with Gasteiger partial charge in [-0.1, -0.05) is 20.8 Å². The standard InChI is InChI=1S/C15H24N2OS/c1-14(2,3)12-9-19-13(16-12)15(17-10-5-6-10)7-11(8-15)18-4/h9-11,17H,5-8H2,1-4H3. The van der Waals surface area contributed by atoms with Crippen LogP contribution in [0.1, 0.15) is 57.2 Å². The van der Waals surface area contributed by atoms with Gasteiger partial charge in [0.15, 0.2) is 0 Å². The highest BCUT2D eigenvalue weighted by atomic mass is 32.1. The summed E-state index contributed by atoms with van der Waals surface area (Å²) in [6, 6.07) is 0.708. The van der Waals surface area contributed by atoms with Gasteiger partial charge in [-0.2, -0.15) is 0 Å². The van der Waals surface area contributed by atoms with E-state index in [0.717, 1.165) is 12.8 Å². The summed E-state index contributed by atoms with van der Waals surface area (Å²) in [6.07, 6.45) is 5.16. The van der Waals surface area contributed by atoms with Crippen molar-refractivity contribution in [1.82, 2.24) is 10.3 Å². The van der Waals surface area contributed by atoms with E-state index in [0.29, 0.717) is 12.1 Å². The molecule has 2 aliphatic rings. The molecule has 0 radical (unpaired) electrons. The van der Waals surface area contributed by atoms with Crippen molar-refractivity contribution < 1.29 is 4.74 Å². The highest BCUT2D eigenvalue weighted by Crippen LogP contribution is 2.46. The second-order valence-electron chi connectivity index (χ2n) is 7.05. The predicted molar refractivity (Wildman–Crippen MR) is 78.7 cm³/mol. The second-order valence-corrected chi connectivity index (χ2v) is 7.91. The van der Waals surface area contributed by atoms with E-state index in [1.807, 2.05) is 18.4 Å². The number of hydrogen-bond acceptors (Lipinski definition) is 4. The molecule has 0 aliphatic heterocycles. The zero-order chi connectivity index (χ0) is 13.7. The SMILES string of the molecule is COC1CC(NC2CC2)(c2nc(C(C)(C)C)cs2)C1. The first-order valence-electron chi connectivity index (χ1n) is 7.20. The zero-order valence-electron chi connectivity index (χ0n) is 12.3. The smallest absolute Gasteiger partial charge is 0.113 e. The molecule has 0 bridgehead atoms. The molecule has 2 aliphatic carbocycles. The van der Waals surface area contributed by atoms with Crippen molar-refractivity contribution >= 4 is 11.3 Å². The minimum absolute atomic E-state index is 0.0933. The van der Waals surface area contributed by atoms with Crippen molar-refractivity contribution in [2.45, 2.75) is 69.6 Å². The molecule has 3 nitrogen and oxygen atoms in total. The number of hydrogen-bond donors (Lipinski definition) is 1. The Bertz CT molecular complexity index is 453.